The van der Waals surface area contributed by atoms with Gasteiger partial charge in [0.2, 0.25) is 10.0 Å². The molecule has 0 amide bonds. The fourth-order valence-electron chi connectivity index (χ4n) is 4.41. The van der Waals surface area contributed by atoms with Gasteiger partial charge in [-0.25, -0.2) is 18.4 Å². The van der Waals surface area contributed by atoms with Crippen molar-refractivity contribution in [3.63, 3.8) is 0 Å². The smallest absolute Gasteiger partial charge is 0.243 e. The summed E-state index contributed by atoms with van der Waals surface area (Å²) in [7, 11) is -3.46. The summed E-state index contributed by atoms with van der Waals surface area (Å²) < 4.78 is 27.8. The summed E-state index contributed by atoms with van der Waals surface area (Å²) in [4.78, 5) is 11.6. The Balaban J connectivity index is 1.27. The monoisotopic (exact) mass is 423 g/mol. The van der Waals surface area contributed by atoms with E-state index in [4.69, 9.17) is 5.73 Å². The van der Waals surface area contributed by atoms with Crippen molar-refractivity contribution in [2.75, 3.05) is 31.9 Å². The Morgan fingerprint density at radius 1 is 0.933 bits per heavy atom. The van der Waals surface area contributed by atoms with Crippen molar-refractivity contribution in [1.82, 2.24) is 19.2 Å². The maximum Gasteiger partial charge on any atom is 0.243 e. The molecule has 1 aromatic heterocycles. The highest BCUT2D eigenvalue weighted by molar-refractivity contribution is 7.89. The van der Waals surface area contributed by atoms with Gasteiger partial charge >= 0.3 is 0 Å². The Morgan fingerprint density at radius 3 is 2.53 bits per heavy atom. The van der Waals surface area contributed by atoms with Gasteiger partial charge in [0.05, 0.1) is 17.0 Å². The van der Waals surface area contributed by atoms with Gasteiger partial charge < -0.3 is 5.73 Å². The summed E-state index contributed by atoms with van der Waals surface area (Å²) in [6.07, 6.45) is 3.13. The van der Waals surface area contributed by atoms with Crippen molar-refractivity contribution in [2.45, 2.75) is 30.7 Å². The minimum absolute atomic E-state index is 0.419. The SMILES string of the molecule is Nc1nc(CN2CCN(S(=O)(=O)c3ccc4c(c3)CCC4)CC2)nc2ccccc12. The molecule has 2 N–H and O–H groups in total. The maximum atomic E-state index is 13.1. The Hall–Kier alpha value is -2.55. The minimum Gasteiger partial charge on any atom is -0.383 e. The van der Waals surface area contributed by atoms with Crippen molar-refractivity contribution in [3.8, 4) is 0 Å². The molecule has 0 spiro atoms. The lowest BCUT2D eigenvalue weighted by atomic mass is 10.1. The minimum atomic E-state index is -3.46. The van der Waals surface area contributed by atoms with Crippen molar-refractivity contribution < 1.29 is 8.42 Å². The molecule has 2 aromatic carbocycles. The number of aryl methyl sites for hydroxylation is 2. The Kier molecular flexibility index (Phi) is 4.92. The zero-order chi connectivity index (χ0) is 20.7. The molecule has 156 valence electrons. The van der Waals surface area contributed by atoms with Gasteiger partial charge in [-0.15, -0.1) is 0 Å². The van der Waals surface area contributed by atoms with Crippen LogP contribution in [0, 0.1) is 0 Å². The van der Waals surface area contributed by atoms with Gasteiger partial charge in [0.25, 0.3) is 0 Å². The highest BCUT2D eigenvalue weighted by Gasteiger charge is 2.29. The Morgan fingerprint density at radius 2 is 1.70 bits per heavy atom. The molecule has 1 saturated heterocycles. The first-order valence-corrected chi connectivity index (χ1v) is 11.8. The van der Waals surface area contributed by atoms with Gasteiger partial charge in [0.15, 0.2) is 0 Å². The van der Waals surface area contributed by atoms with E-state index in [2.05, 4.69) is 14.9 Å². The second-order valence-electron chi connectivity index (χ2n) is 8.01. The van der Waals surface area contributed by atoms with Crippen molar-refractivity contribution in [2.24, 2.45) is 0 Å². The van der Waals surface area contributed by atoms with Crippen LogP contribution in [0.25, 0.3) is 10.9 Å². The van der Waals surface area contributed by atoms with Crippen LogP contribution in [0.5, 0.6) is 0 Å². The molecule has 1 fully saturated rings. The Labute approximate surface area is 176 Å². The lowest BCUT2D eigenvalue weighted by Gasteiger charge is -2.33. The Bertz CT molecular complexity index is 1200. The topological polar surface area (TPSA) is 92.4 Å². The van der Waals surface area contributed by atoms with E-state index in [-0.39, 0.29) is 0 Å². The number of rotatable bonds is 4. The van der Waals surface area contributed by atoms with Crippen molar-refractivity contribution in [1.29, 1.82) is 0 Å². The highest BCUT2D eigenvalue weighted by Crippen LogP contribution is 2.27. The molecule has 3 aromatic rings. The molecule has 1 aliphatic heterocycles. The highest BCUT2D eigenvalue weighted by atomic mass is 32.2. The molecule has 0 bridgehead atoms. The molecule has 0 atom stereocenters. The zero-order valence-electron chi connectivity index (χ0n) is 16.8. The second kappa shape index (κ2) is 7.61. The molecule has 30 heavy (non-hydrogen) atoms. The number of nitrogens with two attached hydrogens (primary N) is 1. The molecule has 1 aliphatic carbocycles. The second-order valence-corrected chi connectivity index (χ2v) is 9.94. The molecule has 2 aliphatic rings. The lowest BCUT2D eigenvalue weighted by Crippen LogP contribution is -2.48. The van der Waals surface area contributed by atoms with Crippen LogP contribution in [-0.2, 0) is 29.4 Å². The van der Waals surface area contributed by atoms with Crippen LogP contribution in [0.4, 0.5) is 5.82 Å². The standard InChI is InChI=1S/C22H25N5O2S/c23-22-19-6-1-2-7-20(19)24-21(25-22)15-26-10-12-27(13-11-26)30(28,29)18-9-8-16-4-3-5-17(16)14-18/h1-2,6-9,14H,3-5,10-13,15H2,(H2,23,24,25). The normalized spacial score (nSPS) is 18.0. The molecular weight excluding hydrogens is 398 g/mol. The number of fused-ring (bicyclic) bond motifs is 2. The van der Waals surface area contributed by atoms with Gasteiger partial charge in [-0.2, -0.15) is 4.31 Å². The number of anilines is 1. The molecule has 7 nitrogen and oxygen atoms in total. The average Bonchev–Trinajstić information content (AvgIpc) is 3.22. The molecule has 0 saturated carbocycles. The predicted molar refractivity (Wildman–Crippen MR) is 116 cm³/mol. The summed E-state index contributed by atoms with van der Waals surface area (Å²) >= 11 is 0. The number of benzene rings is 2. The molecule has 0 unspecified atom stereocenters. The lowest BCUT2D eigenvalue weighted by molar-refractivity contribution is 0.178. The summed E-state index contributed by atoms with van der Waals surface area (Å²) in [5.74, 6) is 1.15. The summed E-state index contributed by atoms with van der Waals surface area (Å²) in [5, 5.41) is 0.853. The first-order valence-electron chi connectivity index (χ1n) is 10.4. The van der Waals surface area contributed by atoms with Crippen LogP contribution < -0.4 is 5.73 Å². The molecule has 0 radical (unpaired) electrons. The van der Waals surface area contributed by atoms with E-state index in [1.54, 1.807) is 10.4 Å². The third-order valence-corrected chi connectivity index (χ3v) is 7.98. The molecule has 2 heterocycles. The van der Waals surface area contributed by atoms with Crippen molar-refractivity contribution >= 4 is 26.7 Å². The number of aromatic nitrogens is 2. The van der Waals surface area contributed by atoms with E-state index in [0.29, 0.717) is 49.3 Å². The average molecular weight is 424 g/mol. The number of piperazine rings is 1. The fourth-order valence-corrected chi connectivity index (χ4v) is 5.88. The summed E-state index contributed by atoms with van der Waals surface area (Å²) in [5.41, 5.74) is 9.39. The van der Waals surface area contributed by atoms with Crippen LogP contribution in [0.3, 0.4) is 0 Å². The van der Waals surface area contributed by atoms with Crippen LogP contribution in [0.2, 0.25) is 0 Å². The van der Waals surface area contributed by atoms with Gasteiger partial charge in [-0.3, -0.25) is 4.90 Å². The third-order valence-electron chi connectivity index (χ3n) is 6.08. The van der Waals surface area contributed by atoms with Crippen LogP contribution in [0.15, 0.2) is 47.4 Å². The number of nitrogens with zero attached hydrogens (tertiary/aromatic N) is 4. The number of nitrogen functional groups attached to an aromatic ring is 1. The van der Waals surface area contributed by atoms with Gasteiger partial charge in [0.1, 0.15) is 11.6 Å². The predicted octanol–water partition coefficient (Wildman–Crippen LogP) is 2.21. The number of para-hydroxylation sites is 1. The van der Waals surface area contributed by atoms with E-state index in [9.17, 15) is 8.42 Å². The van der Waals surface area contributed by atoms with E-state index in [1.807, 2.05) is 36.4 Å². The third kappa shape index (κ3) is 3.55. The molecular formula is C22H25N5O2S. The maximum absolute atomic E-state index is 13.1. The quantitative estimate of drug-likeness (QED) is 0.692. The zero-order valence-corrected chi connectivity index (χ0v) is 17.6. The van der Waals surface area contributed by atoms with Crippen LogP contribution >= 0.6 is 0 Å². The number of hydrogen-bond acceptors (Lipinski definition) is 6. The largest absolute Gasteiger partial charge is 0.383 e. The van der Waals surface area contributed by atoms with Crippen LogP contribution in [-0.4, -0.2) is 53.8 Å². The van der Waals surface area contributed by atoms with E-state index in [1.165, 1.54) is 11.1 Å². The van der Waals surface area contributed by atoms with Crippen LogP contribution in [0.1, 0.15) is 23.4 Å². The number of sulfonamides is 1. The van der Waals surface area contributed by atoms with E-state index in [0.717, 1.165) is 30.2 Å². The first kappa shape index (κ1) is 19.4. The summed E-state index contributed by atoms with van der Waals surface area (Å²) in [6.45, 7) is 2.76. The first-order chi connectivity index (χ1) is 14.5. The summed E-state index contributed by atoms with van der Waals surface area (Å²) in [6, 6.07) is 13.3. The van der Waals surface area contributed by atoms with Crippen molar-refractivity contribution in [3.05, 3.63) is 59.4 Å². The molecule has 8 heteroatoms. The van der Waals surface area contributed by atoms with Gasteiger partial charge in [-0.1, -0.05) is 18.2 Å². The van der Waals surface area contributed by atoms with E-state index >= 15 is 0 Å². The number of hydrogen-bond donors (Lipinski definition) is 1. The van der Waals surface area contributed by atoms with Gasteiger partial charge in [-0.05, 0) is 54.7 Å². The van der Waals surface area contributed by atoms with E-state index < -0.39 is 10.0 Å². The van der Waals surface area contributed by atoms with Gasteiger partial charge in [0, 0.05) is 31.6 Å². The fraction of sp³-hybridized carbons (Fsp3) is 0.364. The molecule has 5 rings (SSSR count).